The van der Waals surface area contributed by atoms with Crippen molar-refractivity contribution >= 4 is 11.6 Å². The average Bonchev–Trinajstić information content (AvgIpc) is 2.95. The van der Waals surface area contributed by atoms with Crippen LogP contribution in [0.25, 0.3) is 16.9 Å². The molecule has 112 valence electrons. The van der Waals surface area contributed by atoms with Gasteiger partial charge in [-0.15, -0.1) is 0 Å². The van der Waals surface area contributed by atoms with E-state index < -0.39 is 0 Å². The molecule has 0 fully saturated rings. The summed E-state index contributed by atoms with van der Waals surface area (Å²) < 4.78 is 1.84. The van der Waals surface area contributed by atoms with Crippen LogP contribution in [0.15, 0.2) is 36.5 Å². The van der Waals surface area contributed by atoms with Crippen LogP contribution in [0, 0.1) is 13.8 Å². The molecule has 0 aliphatic rings. The molecule has 1 amide bonds. The quantitative estimate of drug-likeness (QED) is 0.730. The topological polar surface area (TPSA) is 50.5 Å². The predicted molar refractivity (Wildman–Crippen MR) is 85.9 cm³/mol. The number of benzene rings is 1. The molecule has 0 atom stereocenters. The molecule has 0 N–H and O–H groups in total. The van der Waals surface area contributed by atoms with Gasteiger partial charge in [0, 0.05) is 37.0 Å². The summed E-state index contributed by atoms with van der Waals surface area (Å²) in [5, 5.41) is 4.36. The number of fused-ring (bicyclic) bond motifs is 1. The Hall–Kier alpha value is -2.69. The van der Waals surface area contributed by atoms with Crippen LogP contribution < -0.4 is 0 Å². The Balaban J connectivity index is 2.14. The highest BCUT2D eigenvalue weighted by atomic mass is 16.2. The molecular formula is C17H18N4O. The van der Waals surface area contributed by atoms with Gasteiger partial charge in [0.25, 0.3) is 5.91 Å². The first-order chi connectivity index (χ1) is 10.5. The highest BCUT2D eigenvalue weighted by Crippen LogP contribution is 2.26. The molecule has 3 rings (SSSR count). The van der Waals surface area contributed by atoms with E-state index in [1.807, 2.05) is 48.7 Å². The van der Waals surface area contributed by atoms with Crippen LogP contribution >= 0.6 is 0 Å². The van der Waals surface area contributed by atoms with Crippen LogP contribution in [0.3, 0.4) is 0 Å². The van der Waals surface area contributed by atoms with Crippen LogP contribution in [-0.2, 0) is 0 Å². The highest BCUT2D eigenvalue weighted by Gasteiger charge is 2.13. The standard InChI is InChI=1S/C17H18N4O/c1-11-12(2)19-15-9-10-18-21(15)16(11)13-5-7-14(8-6-13)17(22)20(3)4/h5-10H,1-4H3. The van der Waals surface area contributed by atoms with Gasteiger partial charge in [0.15, 0.2) is 5.65 Å². The van der Waals surface area contributed by atoms with Gasteiger partial charge >= 0.3 is 0 Å². The molecule has 0 saturated heterocycles. The fourth-order valence-electron chi connectivity index (χ4n) is 2.51. The summed E-state index contributed by atoms with van der Waals surface area (Å²) in [6.07, 6.45) is 1.74. The molecular weight excluding hydrogens is 276 g/mol. The Morgan fingerprint density at radius 3 is 2.41 bits per heavy atom. The minimum absolute atomic E-state index is 0.00147. The van der Waals surface area contributed by atoms with Gasteiger partial charge in [-0.05, 0) is 31.5 Å². The van der Waals surface area contributed by atoms with Crippen LogP contribution in [0.4, 0.5) is 0 Å². The fraction of sp³-hybridized carbons (Fsp3) is 0.235. The number of nitrogens with zero attached hydrogens (tertiary/aromatic N) is 4. The molecule has 0 saturated carbocycles. The number of aryl methyl sites for hydroxylation is 1. The zero-order valence-electron chi connectivity index (χ0n) is 13.2. The maximum atomic E-state index is 12.0. The molecule has 2 heterocycles. The fourth-order valence-corrected chi connectivity index (χ4v) is 2.51. The van der Waals surface area contributed by atoms with E-state index in [-0.39, 0.29) is 5.91 Å². The molecule has 0 unspecified atom stereocenters. The monoisotopic (exact) mass is 294 g/mol. The molecule has 0 aliphatic heterocycles. The van der Waals surface area contributed by atoms with Crippen molar-refractivity contribution in [1.82, 2.24) is 19.5 Å². The smallest absolute Gasteiger partial charge is 0.253 e. The van der Waals surface area contributed by atoms with Crippen molar-refractivity contribution in [3.63, 3.8) is 0 Å². The number of rotatable bonds is 2. The van der Waals surface area contributed by atoms with Crippen LogP contribution in [0.1, 0.15) is 21.6 Å². The Morgan fingerprint density at radius 1 is 1.09 bits per heavy atom. The number of hydrogen-bond donors (Lipinski definition) is 0. The molecule has 22 heavy (non-hydrogen) atoms. The zero-order valence-corrected chi connectivity index (χ0v) is 13.2. The van der Waals surface area contributed by atoms with Crippen LogP contribution in [-0.4, -0.2) is 39.5 Å². The second-order valence-corrected chi connectivity index (χ2v) is 5.55. The average molecular weight is 294 g/mol. The van der Waals surface area contributed by atoms with Gasteiger partial charge in [0.1, 0.15) is 0 Å². The number of carbonyl (C=O) groups excluding carboxylic acids is 1. The van der Waals surface area contributed by atoms with Gasteiger partial charge in [-0.25, -0.2) is 9.50 Å². The maximum absolute atomic E-state index is 12.0. The van der Waals surface area contributed by atoms with Crippen molar-refractivity contribution in [3.8, 4) is 11.3 Å². The van der Waals surface area contributed by atoms with E-state index in [1.54, 1.807) is 25.2 Å². The molecule has 2 aromatic heterocycles. The summed E-state index contributed by atoms with van der Waals surface area (Å²) in [7, 11) is 3.50. The summed E-state index contributed by atoms with van der Waals surface area (Å²) in [5.41, 5.74) is 5.60. The second kappa shape index (κ2) is 5.26. The minimum Gasteiger partial charge on any atom is -0.345 e. The summed E-state index contributed by atoms with van der Waals surface area (Å²) in [6, 6.07) is 9.50. The summed E-state index contributed by atoms with van der Waals surface area (Å²) in [5.74, 6) is -0.00147. The lowest BCUT2D eigenvalue weighted by Crippen LogP contribution is -2.21. The second-order valence-electron chi connectivity index (χ2n) is 5.55. The van der Waals surface area contributed by atoms with E-state index in [1.165, 1.54) is 0 Å². The Bertz CT molecular complexity index is 847. The predicted octanol–water partition coefficient (Wildman–Crippen LogP) is 2.71. The van der Waals surface area contributed by atoms with Crippen LogP contribution in [0.2, 0.25) is 0 Å². The van der Waals surface area contributed by atoms with Gasteiger partial charge in [-0.3, -0.25) is 4.79 Å². The number of hydrogen-bond acceptors (Lipinski definition) is 3. The first kappa shape index (κ1) is 14.3. The molecule has 1 aromatic carbocycles. The molecule has 5 heteroatoms. The minimum atomic E-state index is -0.00147. The van der Waals surface area contributed by atoms with Gasteiger partial charge in [-0.1, -0.05) is 12.1 Å². The largest absolute Gasteiger partial charge is 0.345 e. The summed E-state index contributed by atoms with van der Waals surface area (Å²) in [4.78, 5) is 18.1. The Morgan fingerprint density at radius 2 is 1.77 bits per heavy atom. The van der Waals surface area contributed by atoms with E-state index >= 15 is 0 Å². The summed E-state index contributed by atoms with van der Waals surface area (Å²) in [6.45, 7) is 4.04. The third-order valence-electron chi connectivity index (χ3n) is 3.83. The van der Waals surface area contributed by atoms with Gasteiger partial charge in [-0.2, -0.15) is 5.10 Å². The highest BCUT2D eigenvalue weighted by molar-refractivity contribution is 5.94. The van der Waals surface area contributed by atoms with E-state index in [2.05, 4.69) is 10.1 Å². The number of aromatic nitrogens is 3. The molecule has 0 radical (unpaired) electrons. The van der Waals surface area contributed by atoms with Crippen molar-refractivity contribution < 1.29 is 4.79 Å². The van der Waals surface area contributed by atoms with E-state index in [9.17, 15) is 4.79 Å². The lowest BCUT2D eigenvalue weighted by Gasteiger charge is -2.13. The lowest BCUT2D eigenvalue weighted by molar-refractivity contribution is 0.0827. The van der Waals surface area contributed by atoms with Gasteiger partial charge in [0.05, 0.1) is 11.9 Å². The Labute approximate surface area is 129 Å². The third-order valence-corrected chi connectivity index (χ3v) is 3.83. The van der Waals surface area contributed by atoms with E-state index in [4.69, 9.17) is 0 Å². The first-order valence-electron chi connectivity index (χ1n) is 7.12. The maximum Gasteiger partial charge on any atom is 0.253 e. The SMILES string of the molecule is Cc1nc2ccnn2c(-c2ccc(C(=O)N(C)C)cc2)c1C. The lowest BCUT2D eigenvalue weighted by atomic mass is 10.0. The zero-order chi connectivity index (χ0) is 15.9. The normalized spacial score (nSPS) is 10.9. The van der Waals surface area contributed by atoms with Crippen LogP contribution in [0.5, 0.6) is 0 Å². The van der Waals surface area contributed by atoms with E-state index in [0.29, 0.717) is 5.56 Å². The third kappa shape index (κ3) is 2.24. The number of amides is 1. The molecule has 0 bridgehead atoms. The van der Waals surface area contributed by atoms with Crippen molar-refractivity contribution in [2.75, 3.05) is 14.1 Å². The molecule has 0 spiro atoms. The number of carbonyl (C=O) groups is 1. The molecule has 0 aliphatic carbocycles. The first-order valence-corrected chi connectivity index (χ1v) is 7.12. The van der Waals surface area contributed by atoms with Crippen molar-refractivity contribution in [2.24, 2.45) is 0 Å². The van der Waals surface area contributed by atoms with Gasteiger partial charge < -0.3 is 4.90 Å². The van der Waals surface area contributed by atoms with Crippen molar-refractivity contribution in [2.45, 2.75) is 13.8 Å². The van der Waals surface area contributed by atoms with Crippen molar-refractivity contribution in [1.29, 1.82) is 0 Å². The summed E-state index contributed by atoms with van der Waals surface area (Å²) >= 11 is 0. The Kier molecular flexibility index (Phi) is 3.41. The van der Waals surface area contributed by atoms with E-state index in [0.717, 1.165) is 28.2 Å². The molecule has 5 nitrogen and oxygen atoms in total. The van der Waals surface area contributed by atoms with Crippen molar-refractivity contribution in [3.05, 3.63) is 53.3 Å². The van der Waals surface area contributed by atoms with Gasteiger partial charge in [0.2, 0.25) is 0 Å². The molecule has 3 aromatic rings.